The SMILES string of the molecule is O=C(NCCc1ccccn1)C1CC(=O)N(c2cccc(Br)c2)C1. The Morgan fingerprint density at radius 3 is 2.92 bits per heavy atom. The number of halogens is 1. The molecule has 1 unspecified atom stereocenters. The lowest BCUT2D eigenvalue weighted by Gasteiger charge is -2.17. The summed E-state index contributed by atoms with van der Waals surface area (Å²) in [7, 11) is 0. The van der Waals surface area contributed by atoms with Crippen molar-refractivity contribution in [3.63, 3.8) is 0 Å². The number of amides is 2. The van der Waals surface area contributed by atoms with Crippen molar-refractivity contribution in [1.29, 1.82) is 0 Å². The first-order chi connectivity index (χ1) is 11.6. The summed E-state index contributed by atoms with van der Waals surface area (Å²) in [6, 6.07) is 13.3. The highest BCUT2D eigenvalue weighted by Gasteiger charge is 2.34. The fourth-order valence-electron chi connectivity index (χ4n) is 2.78. The molecule has 0 bridgehead atoms. The zero-order valence-corrected chi connectivity index (χ0v) is 14.7. The summed E-state index contributed by atoms with van der Waals surface area (Å²) in [6.45, 7) is 0.947. The van der Waals surface area contributed by atoms with Gasteiger partial charge in [0.1, 0.15) is 0 Å². The van der Waals surface area contributed by atoms with Crippen molar-refractivity contribution < 1.29 is 9.59 Å². The average Bonchev–Trinajstić information content (AvgIpc) is 2.98. The summed E-state index contributed by atoms with van der Waals surface area (Å²) in [5, 5.41) is 2.91. The number of carbonyl (C=O) groups is 2. The summed E-state index contributed by atoms with van der Waals surface area (Å²) in [6.07, 6.45) is 2.67. The Morgan fingerprint density at radius 2 is 2.17 bits per heavy atom. The second-order valence-electron chi connectivity index (χ2n) is 5.75. The summed E-state index contributed by atoms with van der Waals surface area (Å²) in [5.74, 6) is -0.394. The first-order valence-corrected chi connectivity index (χ1v) is 8.66. The van der Waals surface area contributed by atoms with Crippen molar-refractivity contribution in [1.82, 2.24) is 10.3 Å². The highest BCUT2D eigenvalue weighted by Crippen LogP contribution is 2.27. The molecule has 0 aliphatic carbocycles. The molecule has 124 valence electrons. The quantitative estimate of drug-likeness (QED) is 0.857. The van der Waals surface area contributed by atoms with Gasteiger partial charge in [-0.3, -0.25) is 14.6 Å². The molecule has 1 saturated heterocycles. The first kappa shape index (κ1) is 16.6. The van der Waals surface area contributed by atoms with E-state index in [9.17, 15) is 9.59 Å². The maximum absolute atomic E-state index is 12.3. The van der Waals surface area contributed by atoms with E-state index in [1.165, 1.54) is 0 Å². The lowest BCUT2D eigenvalue weighted by Crippen LogP contribution is -2.34. The van der Waals surface area contributed by atoms with E-state index >= 15 is 0 Å². The minimum absolute atomic E-state index is 0.0158. The maximum atomic E-state index is 12.3. The van der Waals surface area contributed by atoms with Crippen molar-refractivity contribution in [2.75, 3.05) is 18.0 Å². The number of benzene rings is 1. The zero-order valence-electron chi connectivity index (χ0n) is 13.1. The molecule has 1 atom stereocenters. The van der Waals surface area contributed by atoms with Crippen molar-refractivity contribution in [2.45, 2.75) is 12.8 Å². The number of anilines is 1. The maximum Gasteiger partial charge on any atom is 0.227 e. The predicted octanol–water partition coefficient (Wildman–Crippen LogP) is 2.56. The largest absolute Gasteiger partial charge is 0.355 e. The number of nitrogens with zero attached hydrogens (tertiary/aromatic N) is 2. The summed E-state index contributed by atoms with van der Waals surface area (Å²) < 4.78 is 0.913. The third-order valence-electron chi connectivity index (χ3n) is 4.02. The molecule has 1 aliphatic rings. The first-order valence-electron chi connectivity index (χ1n) is 7.87. The molecule has 0 radical (unpaired) electrons. The van der Waals surface area contributed by atoms with Crippen molar-refractivity contribution in [3.8, 4) is 0 Å². The molecule has 1 N–H and O–H groups in total. The van der Waals surface area contributed by atoms with E-state index in [4.69, 9.17) is 0 Å². The normalized spacial score (nSPS) is 17.1. The number of rotatable bonds is 5. The lowest BCUT2D eigenvalue weighted by molar-refractivity contribution is -0.126. The van der Waals surface area contributed by atoms with Crippen LogP contribution in [0.5, 0.6) is 0 Å². The Morgan fingerprint density at radius 1 is 1.29 bits per heavy atom. The fraction of sp³-hybridized carbons (Fsp3) is 0.278. The standard InChI is InChI=1S/C18H18BrN3O2/c19-14-4-3-6-16(11-14)22-12-13(10-17(22)23)18(24)21-9-7-15-5-1-2-8-20-15/h1-6,8,11,13H,7,9-10,12H2,(H,21,24). The van der Waals surface area contributed by atoms with Crippen molar-refractivity contribution in [3.05, 3.63) is 58.8 Å². The van der Waals surface area contributed by atoms with Gasteiger partial charge in [0.2, 0.25) is 11.8 Å². The molecule has 2 heterocycles. The van der Waals surface area contributed by atoms with Crippen LogP contribution in [0.1, 0.15) is 12.1 Å². The highest BCUT2D eigenvalue weighted by molar-refractivity contribution is 9.10. The van der Waals surface area contributed by atoms with E-state index in [0.717, 1.165) is 15.9 Å². The van der Waals surface area contributed by atoms with Gasteiger partial charge in [-0.15, -0.1) is 0 Å². The Hall–Kier alpha value is -2.21. The molecule has 1 aliphatic heterocycles. The van der Waals surface area contributed by atoms with Crippen molar-refractivity contribution >= 4 is 33.4 Å². The number of pyridine rings is 1. The second-order valence-corrected chi connectivity index (χ2v) is 6.66. The Labute approximate surface area is 149 Å². The summed E-state index contributed by atoms with van der Waals surface area (Å²) in [5.41, 5.74) is 1.76. The Balaban J connectivity index is 1.54. The van der Waals surface area contributed by atoms with E-state index in [2.05, 4.69) is 26.2 Å². The lowest BCUT2D eigenvalue weighted by atomic mass is 10.1. The Kier molecular flexibility index (Phi) is 5.25. The van der Waals surface area contributed by atoms with Gasteiger partial charge in [0.05, 0.1) is 5.92 Å². The van der Waals surface area contributed by atoms with Crippen LogP contribution < -0.4 is 10.2 Å². The minimum Gasteiger partial charge on any atom is -0.355 e. The summed E-state index contributed by atoms with van der Waals surface area (Å²) in [4.78, 5) is 30.4. The molecular formula is C18H18BrN3O2. The van der Waals surface area contributed by atoms with Crippen LogP contribution in [0.15, 0.2) is 53.1 Å². The number of nitrogens with one attached hydrogen (secondary N) is 1. The van der Waals surface area contributed by atoms with Gasteiger partial charge in [0, 0.05) is 48.0 Å². The van der Waals surface area contributed by atoms with Gasteiger partial charge in [0.15, 0.2) is 0 Å². The molecule has 1 fully saturated rings. The van der Waals surface area contributed by atoms with Gasteiger partial charge >= 0.3 is 0 Å². The third kappa shape index (κ3) is 4.00. The van der Waals surface area contributed by atoms with Crippen LogP contribution in [0.25, 0.3) is 0 Å². The van der Waals surface area contributed by atoms with Crippen LogP contribution in [0.2, 0.25) is 0 Å². The second kappa shape index (κ2) is 7.57. The summed E-state index contributed by atoms with van der Waals surface area (Å²) >= 11 is 3.41. The topological polar surface area (TPSA) is 62.3 Å². The number of hydrogen-bond donors (Lipinski definition) is 1. The van der Waals surface area contributed by atoms with E-state index < -0.39 is 0 Å². The Bertz CT molecular complexity index is 736. The van der Waals surface area contributed by atoms with E-state index in [1.807, 2.05) is 42.5 Å². The molecule has 0 saturated carbocycles. The average molecular weight is 388 g/mol. The monoisotopic (exact) mass is 387 g/mol. The number of aromatic nitrogens is 1. The molecule has 5 nitrogen and oxygen atoms in total. The zero-order chi connectivity index (χ0) is 16.9. The van der Waals surface area contributed by atoms with Crippen LogP contribution in [0.4, 0.5) is 5.69 Å². The molecule has 1 aromatic heterocycles. The molecule has 24 heavy (non-hydrogen) atoms. The van der Waals surface area contributed by atoms with E-state index in [1.54, 1.807) is 11.1 Å². The van der Waals surface area contributed by atoms with Gasteiger partial charge in [-0.1, -0.05) is 28.1 Å². The van der Waals surface area contributed by atoms with E-state index in [0.29, 0.717) is 19.5 Å². The molecule has 2 aromatic rings. The van der Waals surface area contributed by atoms with E-state index in [-0.39, 0.29) is 24.2 Å². The van der Waals surface area contributed by atoms with Gasteiger partial charge in [-0.05, 0) is 30.3 Å². The van der Waals surface area contributed by atoms with Gasteiger partial charge < -0.3 is 10.2 Å². The highest BCUT2D eigenvalue weighted by atomic mass is 79.9. The molecule has 2 amide bonds. The predicted molar refractivity (Wildman–Crippen MR) is 95.6 cm³/mol. The molecule has 0 spiro atoms. The van der Waals surface area contributed by atoms with Crippen molar-refractivity contribution in [2.24, 2.45) is 5.92 Å². The smallest absolute Gasteiger partial charge is 0.227 e. The molecule has 1 aromatic carbocycles. The number of hydrogen-bond acceptors (Lipinski definition) is 3. The number of carbonyl (C=O) groups excluding carboxylic acids is 2. The minimum atomic E-state index is -0.305. The van der Waals surface area contributed by atoms with Gasteiger partial charge in [-0.2, -0.15) is 0 Å². The third-order valence-corrected chi connectivity index (χ3v) is 4.52. The van der Waals surface area contributed by atoms with Crippen LogP contribution in [0.3, 0.4) is 0 Å². The van der Waals surface area contributed by atoms with Crippen LogP contribution in [-0.2, 0) is 16.0 Å². The molecule has 6 heteroatoms. The molecular weight excluding hydrogens is 370 g/mol. The van der Waals surface area contributed by atoms with Crippen LogP contribution in [0, 0.1) is 5.92 Å². The van der Waals surface area contributed by atoms with Crippen LogP contribution in [-0.4, -0.2) is 29.9 Å². The van der Waals surface area contributed by atoms with Gasteiger partial charge in [-0.25, -0.2) is 0 Å². The van der Waals surface area contributed by atoms with Crippen LogP contribution >= 0.6 is 15.9 Å². The van der Waals surface area contributed by atoms with Gasteiger partial charge in [0.25, 0.3) is 0 Å². The molecule has 3 rings (SSSR count). The fourth-order valence-corrected chi connectivity index (χ4v) is 3.17.